The molecule has 22 heavy (non-hydrogen) atoms. The van der Waals surface area contributed by atoms with E-state index in [1.54, 1.807) is 0 Å². The smallest absolute Gasteiger partial charge is 0.109 e. The maximum Gasteiger partial charge on any atom is 0.109 e. The van der Waals surface area contributed by atoms with Crippen molar-refractivity contribution < 1.29 is 4.74 Å². The molecular weight excluding hydrogens is 268 g/mol. The van der Waals surface area contributed by atoms with Crippen LogP contribution in [0.2, 0.25) is 0 Å². The van der Waals surface area contributed by atoms with Crippen molar-refractivity contribution in [2.24, 2.45) is 0 Å². The van der Waals surface area contributed by atoms with E-state index in [9.17, 15) is 0 Å². The first-order valence-electron chi connectivity index (χ1n) is 7.75. The fourth-order valence-electron chi connectivity index (χ4n) is 2.77. The molecule has 0 aliphatic heterocycles. The highest BCUT2D eigenvalue weighted by Gasteiger charge is 2.23. The molecule has 0 N–H and O–H groups in total. The SMILES string of the molecule is CC(C)(C)OC(c1ccccc1)c1cccc2ccccc12. The highest BCUT2D eigenvalue weighted by atomic mass is 16.5. The van der Waals surface area contributed by atoms with Crippen molar-refractivity contribution in [2.75, 3.05) is 0 Å². The van der Waals surface area contributed by atoms with Gasteiger partial charge in [-0.05, 0) is 42.7 Å². The zero-order valence-corrected chi connectivity index (χ0v) is 13.4. The van der Waals surface area contributed by atoms with Gasteiger partial charge in [0.25, 0.3) is 0 Å². The average Bonchev–Trinajstić information content (AvgIpc) is 2.52. The molecule has 1 nitrogen and oxygen atoms in total. The van der Waals surface area contributed by atoms with E-state index in [1.165, 1.54) is 21.9 Å². The molecule has 0 heterocycles. The molecule has 1 heteroatoms. The van der Waals surface area contributed by atoms with E-state index in [2.05, 4.69) is 87.5 Å². The van der Waals surface area contributed by atoms with Crippen LogP contribution in [0.15, 0.2) is 72.8 Å². The van der Waals surface area contributed by atoms with Crippen LogP contribution in [0.25, 0.3) is 10.8 Å². The second kappa shape index (κ2) is 5.94. The van der Waals surface area contributed by atoms with E-state index in [-0.39, 0.29) is 11.7 Å². The Morgan fingerprint density at radius 1 is 0.727 bits per heavy atom. The lowest BCUT2D eigenvalue weighted by atomic mass is 9.95. The summed E-state index contributed by atoms with van der Waals surface area (Å²) in [5.74, 6) is 0. The summed E-state index contributed by atoms with van der Waals surface area (Å²) in [6.45, 7) is 6.32. The zero-order valence-electron chi connectivity index (χ0n) is 13.4. The van der Waals surface area contributed by atoms with Gasteiger partial charge < -0.3 is 4.74 Å². The van der Waals surface area contributed by atoms with Gasteiger partial charge in [0, 0.05) is 0 Å². The number of ether oxygens (including phenoxy) is 1. The largest absolute Gasteiger partial charge is 0.363 e. The molecule has 1 atom stereocenters. The van der Waals surface area contributed by atoms with E-state index in [4.69, 9.17) is 4.74 Å². The Hall–Kier alpha value is -2.12. The molecule has 3 aromatic carbocycles. The summed E-state index contributed by atoms with van der Waals surface area (Å²) >= 11 is 0. The van der Waals surface area contributed by atoms with Gasteiger partial charge in [-0.2, -0.15) is 0 Å². The predicted molar refractivity (Wildman–Crippen MR) is 93.1 cm³/mol. The summed E-state index contributed by atoms with van der Waals surface area (Å²) in [4.78, 5) is 0. The van der Waals surface area contributed by atoms with E-state index in [0.717, 1.165) is 0 Å². The maximum absolute atomic E-state index is 6.42. The van der Waals surface area contributed by atoms with Crippen LogP contribution in [0.1, 0.15) is 38.0 Å². The number of fused-ring (bicyclic) bond motifs is 1. The summed E-state index contributed by atoms with van der Waals surface area (Å²) in [6.07, 6.45) is -0.0627. The molecule has 0 saturated carbocycles. The van der Waals surface area contributed by atoms with Crippen molar-refractivity contribution >= 4 is 10.8 Å². The van der Waals surface area contributed by atoms with Crippen molar-refractivity contribution in [3.63, 3.8) is 0 Å². The van der Waals surface area contributed by atoms with Gasteiger partial charge in [-0.3, -0.25) is 0 Å². The molecule has 112 valence electrons. The Labute approximate surface area is 132 Å². The first-order chi connectivity index (χ1) is 10.5. The number of hydrogen-bond donors (Lipinski definition) is 0. The molecule has 1 unspecified atom stereocenters. The van der Waals surface area contributed by atoms with Gasteiger partial charge in [-0.1, -0.05) is 72.8 Å². The number of rotatable bonds is 3. The lowest BCUT2D eigenvalue weighted by Crippen LogP contribution is -2.23. The standard InChI is InChI=1S/C21H22O/c1-21(2,3)22-20(17-11-5-4-6-12-17)19-15-9-13-16-10-7-8-14-18(16)19/h4-15,20H,1-3H3. The summed E-state index contributed by atoms with van der Waals surface area (Å²) in [6, 6.07) is 25.4. The van der Waals surface area contributed by atoms with Crippen molar-refractivity contribution in [1.29, 1.82) is 0 Å². The van der Waals surface area contributed by atoms with Crippen LogP contribution < -0.4 is 0 Å². The molecule has 0 amide bonds. The third kappa shape index (κ3) is 3.20. The second-order valence-electron chi connectivity index (χ2n) is 6.59. The molecule has 0 spiro atoms. The van der Waals surface area contributed by atoms with Crippen LogP contribution in [-0.4, -0.2) is 5.60 Å². The molecule has 3 rings (SSSR count). The minimum absolute atomic E-state index is 0.0627. The molecule has 0 saturated heterocycles. The topological polar surface area (TPSA) is 9.23 Å². The van der Waals surface area contributed by atoms with Gasteiger partial charge in [-0.15, -0.1) is 0 Å². The molecule has 3 aromatic rings. The molecule has 0 bridgehead atoms. The monoisotopic (exact) mass is 290 g/mol. The Morgan fingerprint density at radius 3 is 2.09 bits per heavy atom. The highest BCUT2D eigenvalue weighted by Crippen LogP contribution is 2.34. The second-order valence-corrected chi connectivity index (χ2v) is 6.59. The molecule has 0 aliphatic rings. The fraction of sp³-hybridized carbons (Fsp3) is 0.238. The van der Waals surface area contributed by atoms with Gasteiger partial charge in [0.1, 0.15) is 6.10 Å². The van der Waals surface area contributed by atoms with Gasteiger partial charge >= 0.3 is 0 Å². The quantitative estimate of drug-likeness (QED) is 0.597. The van der Waals surface area contributed by atoms with Crippen LogP contribution >= 0.6 is 0 Å². The minimum Gasteiger partial charge on any atom is -0.363 e. The van der Waals surface area contributed by atoms with Crippen LogP contribution in [0.5, 0.6) is 0 Å². The lowest BCUT2D eigenvalue weighted by Gasteiger charge is -2.29. The lowest BCUT2D eigenvalue weighted by molar-refractivity contribution is -0.0423. The summed E-state index contributed by atoms with van der Waals surface area (Å²) in [5.41, 5.74) is 2.20. The first kappa shape index (κ1) is 14.8. The first-order valence-corrected chi connectivity index (χ1v) is 7.75. The Balaban J connectivity index is 2.16. The third-order valence-corrected chi connectivity index (χ3v) is 3.68. The van der Waals surface area contributed by atoms with Crippen LogP contribution in [-0.2, 0) is 4.74 Å². The van der Waals surface area contributed by atoms with Crippen LogP contribution in [0, 0.1) is 0 Å². The van der Waals surface area contributed by atoms with Gasteiger partial charge in [0.2, 0.25) is 0 Å². The summed E-state index contributed by atoms with van der Waals surface area (Å²) in [5, 5.41) is 2.50. The zero-order chi connectivity index (χ0) is 15.6. The van der Waals surface area contributed by atoms with E-state index >= 15 is 0 Å². The average molecular weight is 290 g/mol. The van der Waals surface area contributed by atoms with E-state index in [1.807, 2.05) is 6.07 Å². The van der Waals surface area contributed by atoms with Gasteiger partial charge in [0.05, 0.1) is 5.60 Å². The Bertz CT molecular complexity index is 748. The Kier molecular flexibility index (Phi) is 4.00. The van der Waals surface area contributed by atoms with Gasteiger partial charge in [0.15, 0.2) is 0 Å². The van der Waals surface area contributed by atoms with Crippen LogP contribution in [0.4, 0.5) is 0 Å². The van der Waals surface area contributed by atoms with Crippen molar-refractivity contribution in [3.8, 4) is 0 Å². The number of hydrogen-bond acceptors (Lipinski definition) is 1. The van der Waals surface area contributed by atoms with Crippen molar-refractivity contribution in [2.45, 2.75) is 32.5 Å². The normalized spacial score (nSPS) is 13.2. The third-order valence-electron chi connectivity index (χ3n) is 3.68. The molecule has 0 fully saturated rings. The molecule has 0 aliphatic carbocycles. The number of benzene rings is 3. The molecular formula is C21H22O. The molecule has 0 radical (unpaired) electrons. The van der Waals surface area contributed by atoms with E-state index in [0.29, 0.717) is 0 Å². The highest BCUT2D eigenvalue weighted by molar-refractivity contribution is 5.86. The fourth-order valence-corrected chi connectivity index (χ4v) is 2.77. The Morgan fingerprint density at radius 2 is 1.36 bits per heavy atom. The van der Waals surface area contributed by atoms with Crippen LogP contribution in [0.3, 0.4) is 0 Å². The minimum atomic E-state index is -0.211. The van der Waals surface area contributed by atoms with Crippen molar-refractivity contribution in [3.05, 3.63) is 83.9 Å². The van der Waals surface area contributed by atoms with E-state index < -0.39 is 0 Å². The summed E-state index contributed by atoms with van der Waals surface area (Å²) in [7, 11) is 0. The van der Waals surface area contributed by atoms with Crippen molar-refractivity contribution in [1.82, 2.24) is 0 Å². The maximum atomic E-state index is 6.42. The summed E-state index contributed by atoms with van der Waals surface area (Å²) < 4.78 is 6.42. The molecule has 0 aromatic heterocycles. The predicted octanol–water partition coefficient (Wildman–Crippen LogP) is 5.74. The van der Waals surface area contributed by atoms with Gasteiger partial charge in [-0.25, -0.2) is 0 Å².